The van der Waals surface area contributed by atoms with Gasteiger partial charge in [-0.05, 0) is 65.6 Å². The number of nitro groups is 1. The lowest BCUT2D eigenvalue weighted by molar-refractivity contribution is -0.384. The van der Waals surface area contributed by atoms with Crippen LogP contribution in [0.25, 0.3) is 33.4 Å². The van der Waals surface area contributed by atoms with Crippen molar-refractivity contribution in [2.24, 2.45) is 0 Å². The van der Waals surface area contributed by atoms with E-state index in [0.717, 1.165) is 52.1 Å². The number of benzene rings is 3. The number of fused-ring (bicyclic) bond motifs is 2. The number of pyridine rings is 1. The molecule has 2 aromatic heterocycles. The minimum atomic E-state index is -0.383. The predicted octanol–water partition coefficient (Wildman–Crippen LogP) is 6.61. The Kier molecular flexibility index (Phi) is 5.12. The molecule has 0 bridgehead atoms. The van der Waals surface area contributed by atoms with E-state index in [2.05, 4.69) is 9.88 Å². The summed E-state index contributed by atoms with van der Waals surface area (Å²) in [5.41, 5.74) is 5.51. The molecule has 35 heavy (non-hydrogen) atoms. The quantitative estimate of drug-likeness (QED) is 0.213. The van der Waals surface area contributed by atoms with E-state index in [1.807, 2.05) is 54.6 Å². The second kappa shape index (κ2) is 8.45. The van der Waals surface area contributed by atoms with Crippen LogP contribution in [-0.2, 0) is 6.42 Å². The summed E-state index contributed by atoms with van der Waals surface area (Å²) in [6.07, 6.45) is 4.32. The van der Waals surface area contributed by atoms with E-state index in [-0.39, 0.29) is 10.6 Å². The van der Waals surface area contributed by atoms with E-state index in [1.165, 1.54) is 11.6 Å². The van der Waals surface area contributed by atoms with Crippen LogP contribution < -0.4 is 4.90 Å². The molecule has 0 amide bonds. The maximum Gasteiger partial charge on any atom is 0.270 e. The van der Waals surface area contributed by atoms with Gasteiger partial charge in [-0.25, -0.2) is 9.97 Å². The lowest BCUT2D eigenvalue weighted by atomic mass is 10.0. The van der Waals surface area contributed by atoms with Crippen molar-refractivity contribution in [1.82, 2.24) is 15.0 Å². The third kappa shape index (κ3) is 3.86. The molecule has 3 aromatic carbocycles. The van der Waals surface area contributed by atoms with Crippen LogP contribution in [0.4, 0.5) is 17.2 Å². The van der Waals surface area contributed by atoms with Crippen LogP contribution in [0, 0.1) is 10.1 Å². The molecule has 1 aliphatic heterocycles. The number of anilines is 2. The Morgan fingerprint density at radius 3 is 2.60 bits per heavy atom. The van der Waals surface area contributed by atoms with Crippen LogP contribution in [0.1, 0.15) is 5.56 Å². The molecular weight excluding hydrogens is 462 g/mol. The van der Waals surface area contributed by atoms with Gasteiger partial charge in [-0.3, -0.25) is 15.1 Å². The zero-order chi connectivity index (χ0) is 23.9. The Bertz CT molecular complexity index is 1610. The van der Waals surface area contributed by atoms with Crippen molar-refractivity contribution in [3.63, 3.8) is 0 Å². The zero-order valence-electron chi connectivity index (χ0n) is 18.4. The van der Waals surface area contributed by atoms with Crippen molar-refractivity contribution in [1.29, 1.82) is 0 Å². The summed E-state index contributed by atoms with van der Waals surface area (Å²) in [6, 6.07) is 22.2. The van der Waals surface area contributed by atoms with E-state index in [0.29, 0.717) is 10.8 Å². The summed E-state index contributed by atoms with van der Waals surface area (Å²) in [6.45, 7) is 0.759. The van der Waals surface area contributed by atoms with Gasteiger partial charge in [0.05, 0.1) is 10.4 Å². The van der Waals surface area contributed by atoms with Crippen molar-refractivity contribution < 1.29 is 4.92 Å². The van der Waals surface area contributed by atoms with Crippen LogP contribution in [0.3, 0.4) is 0 Å². The average molecular weight is 480 g/mol. The van der Waals surface area contributed by atoms with Crippen LogP contribution in [0.5, 0.6) is 0 Å². The molecule has 6 rings (SSSR count). The summed E-state index contributed by atoms with van der Waals surface area (Å²) < 4.78 is 0. The first-order chi connectivity index (χ1) is 17.1. The van der Waals surface area contributed by atoms with Gasteiger partial charge >= 0.3 is 0 Å². The second-order valence-electron chi connectivity index (χ2n) is 8.33. The SMILES string of the molecule is O=[N+]([O-])c1cccc(-c2ccc3nc(-c4cccnc4)nc(N4CCc5cc(Cl)ccc54)c3c2)c1. The third-order valence-electron chi connectivity index (χ3n) is 6.18. The highest BCUT2D eigenvalue weighted by atomic mass is 35.5. The molecule has 0 radical (unpaired) electrons. The first-order valence-corrected chi connectivity index (χ1v) is 11.5. The van der Waals surface area contributed by atoms with Gasteiger partial charge in [-0.2, -0.15) is 0 Å². The lowest BCUT2D eigenvalue weighted by Crippen LogP contribution is -2.16. The fourth-order valence-corrected chi connectivity index (χ4v) is 4.71. The molecule has 0 N–H and O–H groups in total. The van der Waals surface area contributed by atoms with Gasteiger partial charge in [0.15, 0.2) is 5.82 Å². The number of nitrogens with zero attached hydrogens (tertiary/aromatic N) is 5. The van der Waals surface area contributed by atoms with Gasteiger partial charge in [-0.15, -0.1) is 0 Å². The number of non-ortho nitro benzene ring substituents is 1. The minimum absolute atomic E-state index is 0.0522. The molecule has 0 spiro atoms. The Balaban J connectivity index is 1.56. The molecular formula is C27H18ClN5O2. The highest BCUT2D eigenvalue weighted by Crippen LogP contribution is 2.40. The van der Waals surface area contributed by atoms with Gasteiger partial charge in [0.2, 0.25) is 0 Å². The van der Waals surface area contributed by atoms with E-state index >= 15 is 0 Å². The molecule has 170 valence electrons. The highest BCUT2D eigenvalue weighted by molar-refractivity contribution is 6.30. The van der Waals surface area contributed by atoms with Crippen molar-refractivity contribution in [3.05, 3.63) is 106 Å². The first-order valence-electron chi connectivity index (χ1n) is 11.1. The molecule has 8 heteroatoms. The molecule has 0 atom stereocenters. The number of hydrogen-bond donors (Lipinski definition) is 0. The summed E-state index contributed by atoms with van der Waals surface area (Å²) in [5, 5.41) is 12.9. The molecule has 0 saturated heterocycles. The molecule has 3 heterocycles. The summed E-state index contributed by atoms with van der Waals surface area (Å²) in [4.78, 5) is 27.1. The van der Waals surface area contributed by atoms with Gasteiger partial charge < -0.3 is 4.90 Å². The van der Waals surface area contributed by atoms with Crippen LogP contribution in [-0.4, -0.2) is 26.4 Å². The number of hydrogen-bond acceptors (Lipinski definition) is 6. The number of aromatic nitrogens is 3. The summed E-state index contributed by atoms with van der Waals surface area (Å²) in [5.74, 6) is 1.37. The monoisotopic (exact) mass is 479 g/mol. The van der Waals surface area contributed by atoms with Gasteiger partial charge in [-0.1, -0.05) is 29.8 Å². The van der Waals surface area contributed by atoms with E-state index in [1.54, 1.807) is 24.5 Å². The fraction of sp³-hybridized carbons (Fsp3) is 0.0741. The van der Waals surface area contributed by atoms with E-state index in [4.69, 9.17) is 21.6 Å². The van der Waals surface area contributed by atoms with Crippen LogP contribution in [0.15, 0.2) is 85.2 Å². The average Bonchev–Trinajstić information content (AvgIpc) is 3.31. The Labute approximate surface area is 205 Å². The highest BCUT2D eigenvalue weighted by Gasteiger charge is 2.25. The molecule has 1 aliphatic rings. The first kappa shape index (κ1) is 21.2. The minimum Gasteiger partial charge on any atom is -0.325 e. The second-order valence-corrected chi connectivity index (χ2v) is 8.76. The molecule has 0 aliphatic carbocycles. The maximum absolute atomic E-state index is 11.3. The molecule has 0 unspecified atom stereocenters. The molecule has 0 saturated carbocycles. The number of rotatable bonds is 4. The summed E-state index contributed by atoms with van der Waals surface area (Å²) >= 11 is 6.24. The van der Waals surface area contributed by atoms with Gasteiger partial charge in [0.1, 0.15) is 5.82 Å². The Hall–Kier alpha value is -4.36. The Morgan fingerprint density at radius 2 is 1.77 bits per heavy atom. The topological polar surface area (TPSA) is 85.0 Å². The normalized spacial score (nSPS) is 12.7. The number of halogens is 1. The smallest absolute Gasteiger partial charge is 0.270 e. The van der Waals surface area contributed by atoms with Gasteiger partial charge in [0, 0.05) is 52.7 Å². The summed E-state index contributed by atoms with van der Waals surface area (Å²) in [7, 11) is 0. The molecule has 5 aromatic rings. The number of nitro benzene ring substituents is 1. The molecule has 0 fully saturated rings. The molecule has 7 nitrogen and oxygen atoms in total. The van der Waals surface area contributed by atoms with Crippen molar-refractivity contribution in [3.8, 4) is 22.5 Å². The maximum atomic E-state index is 11.3. The third-order valence-corrected chi connectivity index (χ3v) is 6.41. The lowest BCUT2D eigenvalue weighted by Gasteiger charge is -2.21. The van der Waals surface area contributed by atoms with Crippen LogP contribution >= 0.6 is 11.6 Å². The Morgan fingerprint density at radius 1 is 0.914 bits per heavy atom. The van der Waals surface area contributed by atoms with Crippen LogP contribution in [0.2, 0.25) is 5.02 Å². The van der Waals surface area contributed by atoms with Crippen molar-refractivity contribution in [2.45, 2.75) is 6.42 Å². The standard InChI is InChI=1S/C27H18ClN5O2/c28-21-7-9-25-19(13-21)10-12-32(25)27-23-15-18(17-3-1-5-22(14-17)33(34)35)6-8-24(23)30-26(31-27)20-4-2-11-29-16-20/h1-9,11,13-16H,10,12H2. The van der Waals surface area contributed by atoms with Crippen molar-refractivity contribution >= 4 is 39.7 Å². The zero-order valence-corrected chi connectivity index (χ0v) is 19.2. The predicted molar refractivity (Wildman–Crippen MR) is 137 cm³/mol. The van der Waals surface area contributed by atoms with Crippen molar-refractivity contribution in [2.75, 3.05) is 11.4 Å². The fourth-order valence-electron chi connectivity index (χ4n) is 4.51. The van der Waals surface area contributed by atoms with E-state index < -0.39 is 0 Å². The van der Waals surface area contributed by atoms with E-state index in [9.17, 15) is 10.1 Å². The van der Waals surface area contributed by atoms with Gasteiger partial charge in [0.25, 0.3) is 5.69 Å². The largest absolute Gasteiger partial charge is 0.325 e.